The Kier molecular flexibility index (Phi) is 6.40. The predicted molar refractivity (Wildman–Crippen MR) is 120 cm³/mol. The highest BCUT2D eigenvalue weighted by atomic mass is 19.4. The van der Waals surface area contributed by atoms with Crippen LogP contribution in [0.5, 0.6) is 5.75 Å². The lowest BCUT2D eigenvalue weighted by atomic mass is 10.0. The third kappa shape index (κ3) is 5.11. The zero-order valence-electron chi connectivity index (χ0n) is 18.3. The summed E-state index contributed by atoms with van der Waals surface area (Å²) in [4.78, 5) is 15.7. The fraction of sp³-hybridized carbons (Fsp3) is 0.154. The number of hydrogen-bond donors (Lipinski definition) is 0. The van der Waals surface area contributed by atoms with Gasteiger partial charge in [-0.05, 0) is 54.4 Å². The molecule has 3 aromatic carbocycles. The summed E-state index contributed by atoms with van der Waals surface area (Å²) in [5, 5.41) is 0. The van der Waals surface area contributed by atoms with Gasteiger partial charge in [0, 0.05) is 11.1 Å². The third-order valence-corrected chi connectivity index (χ3v) is 5.19. The Morgan fingerprint density at radius 1 is 0.853 bits per heavy atom. The van der Waals surface area contributed by atoms with Crippen LogP contribution < -0.4 is 4.74 Å². The van der Waals surface area contributed by atoms with E-state index in [0.717, 1.165) is 28.8 Å². The third-order valence-electron chi connectivity index (χ3n) is 5.19. The van der Waals surface area contributed by atoms with Crippen molar-refractivity contribution in [1.82, 2.24) is 4.98 Å². The van der Waals surface area contributed by atoms with Crippen LogP contribution in [0.15, 0.2) is 77.2 Å². The van der Waals surface area contributed by atoms with E-state index in [4.69, 9.17) is 9.15 Å². The van der Waals surface area contributed by atoms with E-state index in [0.29, 0.717) is 22.8 Å². The molecule has 0 atom stereocenters. The molecule has 4 rings (SSSR count). The number of nitrogens with zero attached hydrogens (tertiary/aromatic N) is 1. The minimum atomic E-state index is -4.39. The Morgan fingerprint density at radius 3 is 1.94 bits per heavy atom. The SMILES string of the molecule is COC(=O)COc1ccc(-c2ccc(-c3nc(-c4ccc(C(F)(F)F)cc4)oc3C)cc2)cc1. The summed E-state index contributed by atoms with van der Waals surface area (Å²) in [6.07, 6.45) is -4.39. The molecule has 0 bridgehead atoms. The number of oxazole rings is 1. The number of alkyl halides is 3. The van der Waals surface area contributed by atoms with Gasteiger partial charge >= 0.3 is 12.1 Å². The first kappa shape index (κ1) is 23.1. The maximum Gasteiger partial charge on any atom is 0.416 e. The molecule has 1 aromatic heterocycles. The normalized spacial score (nSPS) is 11.3. The Hall–Kier alpha value is -4.07. The van der Waals surface area contributed by atoms with Crippen molar-refractivity contribution in [2.45, 2.75) is 13.1 Å². The molecule has 174 valence electrons. The number of aryl methyl sites for hydroxylation is 1. The molecule has 0 aliphatic carbocycles. The van der Waals surface area contributed by atoms with Crippen LogP contribution in [0.4, 0.5) is 13.2 Å². The van der Waals surface area contributed by atoms with E-state index < -0.39 is 17.7 Å². The smallest absolute Gasteiger partial charge is 0.416 e. The molecular formula is C26H20F3NO4. The summed E-state index contributed by atoms with van der Waals surface area (Å²) in [5.41, 5.74) is 3.10. The lowest BCUT2D eigenvalue weighted by molar-refractivity contribution is -0.143. The Balaban J connectivity index is 1.50. The molecule has 0 unspecified atom stereocenters. The molecule has 34 heavy (non-hydrogen) atoms. The van der Waals surface area contributed by atoms with Gasteiger partial charge in [0.25, 0.3) is 0 Å². The minimum Gasteiger partial charge on any atom is -0.482 e. The quantitative estimate of drug-likeness (QED) is 0.301. The number of aromatic nitrogens is 1. The van der Waals surface area contributed by atoms with E-state index in [-0.39, 0.29) is 12.5 Å². The molecule has 0 spiro atoms. The van der Waals surface area contributed by atoms with Crippen LogP contribution in [0.25, 0.3) is 33.8 Å². The predicted octanol–water partition coefficient (Wildman–Crippen LogP) is 6.55. The van der Waals surface area contributed by atoms with Crippen molar-refractivity contribution >= 4 is 5.97 Å². The Bertz CT molecular complexity index is 1280. The van der Waals surface area contributed by atoms with Crippen LogP contribution in [-0.4, -0.2) is 24.7 Å². The van der Waals surface area contributed by atoms with Crippen LogP contribution in [0, 0.1) is 6.92 Å². The van der Waals surface area contributed by atoms with Gasteiger partial charge in [-0.3, -0.25) is 0 Å². The number of carbonyl (C=O) groups is 1. The molecule has 8 heteroatoms. The van der Waals surface area contributed by atoms with Gasteiger partial charge < -0.3 is 13.9 Å². The second kappa shape index (κ2) is 9.43. The molecule has 4 aromatic rings. The second-order valence-electron chi connectivity index (χ2n) is 7.47. The van der Waals surface area contributed by atoms with Gasteiger partial charge in [-0.2, -0.15) is 13.2 Å². The molecule has 5 nitrogen and oxygen atoms in total. The zero-order chi connectivity index (χ0) is 24.3. The summed E-state index contributed by atoms with van der Waals surface area (Å²) in [5.74, 6) is 0.923. The first-order valence-electron chi connectivity index (χ1n) is 10.3. The molecule has 0 saturated carbocycles. The van der Waals surface area contributed by atoms with E-state index in [1.165, 1.54) is 19.2 Å². The largest absolute Gasteiger partial charge is 0.482 e. The van der Waals surface area contributed by atoms with Crippen LogP contribution in [-0.2, 0) is 15.7 Å². The molecule has 0 radical (unpaired) electrons. The van der Waals surface area contributed by atoms with Gasteiger partial charge in [0.05, 0.1) is 12.7 Å². The molecule has 0 N–H and O–H groups in total. The van der Waals surface area contributed by atoms with E-state index in [1.54, 1.807) is 19.1 Å². The van der Waals surface area contributed by atoms with Crippen LogP contribution in [0.1, 0.15) is 11.3 Å². The summed E-state index contributed by atoms with van der Waals surface area (Å²) >= 11 is 0. The fourth-order valence-corrected chi connectivity index (χ4v) is 3.35. The summed E-state index contributed by atoms with van der Waals surface area (Å²) in [6, 6.07) is 19.7. The average Bonchev–Trinajstić information content (AvgIpc) is 3.24. The number of esters is 1. The number of ether oxygens (including phenoxy) is 2. The lowest BCUT2D eigenvalue weighted by Crippen LogP contribution is -2.12. The Morgan fingerprint density at radius 2 is 1.38 bits per heavy atom. The van der Waals surface area contributed by atoms with Crippen molar-refractivity contribution in [2.24, 2.45) is 0 Å². The van der Waals surface area contributed by atoms with Gasteiger partial charge in [-0.25, -0.2) is 9.78 Å². The highest BCUT2D eigenvalue weighted by Crippen LogP contribution is 2.33. The number of methoxy groups -OCH3 is 1. The molecule has 0 fully saturated rings. The molecular weight excluding hydrogens is 447 g/mol. The van der Waals surface area contributed by atoms with Crippen molar-refractivity contribution < 1.29 is 31.9 Å². The topological polar surface area (TPSA) is 61.6 Å². The van der Waals surface area contributed by atoms with Crippen LogP contribution >= 0.6 is 0 Å². The first-order chi connectivity index (χ1) is 16.2. The highest BCUT2D eigenvalue weighted by Gasteiger charge is 2.30. The molecule has 0 aliphatic heterocycles. The summed E-state index contributed by atoms with van der Waals surface area (Å²) < 4.78 is 54.0. The van der Waals surface area contributed by atoms with Gasteiger partial charge in [0.2, 0.25) is 5.89 Å². The highest BCUT2D eigenvalue weighted by molar-refractivity contribution is 5.72. The number of benzene rings is 3. The van der Waals surface area contributed by atoms with Crippen molar-refractivity contribution in [1.29, 1.82) is 0 Å². The zero-order valence-corrected chi connectivity index (χ0v) is 18.3. The van der Waals surface area contributed by atoms with Gasteiger partial charge in [-0.15, -0.1) is 0 Å². The minimum absolute atomic E-state index is 0.157. The van der Waals surface area contributed by atoms with E-state index >= 15 is 0 Å². The fourth-order valence-electron chi connectivity index (χ4n) is 3.35. The molecule has 0 aliphatic rings. The number of carbonyl (C=O) groups excluding carboxylic acids is 1. The maximum absolute atomic E-state index is 12.8. The molecule has 0 saturated heterocycles. The van der Waals surface area contributed by atoms with Crippen molar-refractivity contribution in [2.75, 3.05) is 13.7 Å². The first-order valence-corrected chi connectivity index (χ1v) is 10.3. The number of hydrogen-bond acceptors (Lipinski definition) is 5. The van der Waals surface area contributed by atoms with Crippen LogP contribution in [0.3, 0.4) is 0 Å². The molecule has 1 heterocycles. The van der Waals surface area contributed by atoms with E-state index in [2.05, 4.69) is 9.72 Å². The van der Waals surface area contributed by atoms with Crippen molar-refractivity contribution in [3.63, 3.8) is 0 Å². The number of halogens is 3. The van der Waals surface area contributed by atoms with E-state index in [9.17, 15) is 18.0 Å². The summed E-state index contributed by atoms with van der Waals surface area (Å²) in [6.45, 7) is 1.60. The standard InChI is InChI=1S/C26H20F3NO4/c1-16-24(30-25(34-16)20-7-11-21(12-8-20)26(27,28)29)19-5-3-17(4-6-19)18-9-13-22(14-10-18)33-15-23(31)32-2/h3-14H,15H2,1-2H3. The van der Waals surface area contributed by atoms with E-state index in [1.807, 2.05) is 36.4 Å². The Labute approximate surface area is 193 Å². The molecule has 0 amide bonds. The second-order valence-corrected chi connectivity index (χ2v) is 7.47. The van der Waals surface area contributed by atoms with Crippen LogP contribution in [0.2, 0.25) is 0 Å². The van der Waals surface area contributed by atoms with Crippen molar-refractivity contribution in [3.8, 4) is 39.6 Å². The van der Waals surface area contributed by atoms with Gasteiger partial charge in [0.15, 0.2) is 6.61 Å². The summed E-state index contributed by atoms with van der Waals surface area (Å²) in [7, 11) is 1.30. The maximum atomic E-state index is 12.8. The number of rotatable bonds is 6. The lowest BCUT2D eigenvalue weighted by Gasteiger charge is -2.07. The van der Waals surface area contributed by atoms with Gasteiger partial charge in [0.1, 0.15) is 17.2 Å². The monoisotopic (exact) mass is 467 g/mol. The van der Waals surface area contributed by atoms with Crippen molar-refractivity contribution in [3.05, 3.63) is 84.1 Å². The average molecular weight is 467 g/mol. The van der Waals surface area contributed by atoms with Gasteiger partial charge in [-0.1, -0.05) is 36.4 Å².